The number of para-hydroxylation sites is 2. The summed E-state index contributed by atoms with van der Waals surface area (Å²) in [7, 11) is 1.56. The van der Waals surface area contributed by atoms with Crippen molar-refractivity contribution in [2.24, 2.45) is 0 Å². The van der Waals surface area contributed by atoms with Crippen LogP contribution in [0.3, 0.4) is 0 Å². The quantitative estimate of drug-likeness (QED) is 0.621. The molecule has 8 heteroatoms. The van der Waals surface area contributed by atoms with E-state index in [0.29, 0.717) is 22.4 Å². The summed E-state index contributed by atoms with van der Waals surface area (Å²) in [4.78, 5) is 12.4. The Labute approximate surface area is 139 Å². The molecule has 7 nitrogen and oxygen atoms in total. The third-order valence-electron chi connectivity index (χ3n) is 3.22. The van der Waals surface area contributed by atoms with Crippen molar-refractivity contribution in [2.75, 3.05) is 18.3 Å². The molecule has 0 fully saturated rings. The predicted octanol–water partition coefficient (Wildman–Crippen LogP) is 2.24. The Morgan fingerprint density at radius 3 is 2.61 bits per heavy atom. The molecule has 1 atom stereocenters. The molecule has 23 heavy (non-hydrogen) atoms. The first-order valence-corrected chi connectivity index (χ1v) is 8.13. The van der Waals surface area contributed by atoms with Crippen molar-refractivity contribution < 1.29 is 9.53 Å². The van der Waals surface area contributed by atoms with Crippen LogP contribution in [0.15, 0.2) is 29.4 Å². The molecule has 0 unspecified atom stereocenters. The van der Waals surface area contributed by atoms with E-state index < -0.39 is 0 Å². The summed E-state index contributed by atoms with van der Waals surface area (Å²) < 4.78 is 6.66. The number of carbonyl (C=O) groups is 1. The third kappa shape index (κ3) is 3.95. The van der Waals surface area contributed by atoms with Crippen molar-refractivity contribution in [3.05, 3.63) is 30.1 Å². The number of thioether (sulfide) groups is 1. The fraction of sp³-hybridized carbons (Fsp3) is 0.400. The monoisotopic (exact) mass is 335 g/mol. The minimum absolute atomic E-state index is 0.159. The lowest BCUT2D eigenvalue weighted by Gasteiger charge is -2.13. The first-order chi connectivity index (χ1) is 10.9. The Bertz CT molecular complexity index is 686. The van der Waals surface area contributed by atoms with Crippen LogP contribution in [0.25, 0.3) is 0 Å². The first kappa shape index (κ1) is 17.1. The van der Waals surface area contributed by atoms with Crippen molar-refractivity contribution in [1.29, 1.82) is 0 Å². The van der Waals surface area contributed by atoms with Crippen molar-refractivity contribution in [3.8, 4) is 5.75 Å². The second-order valence-electron chi connectivity index (χ2n) is 5.32. The van der Waals surface area contributed by atoms with E-state index in [0.717, 1.165) is 0 Å². The van der Waals surface area contributed by atoms with Gasteiger partial charge in [-0.25, -0.2) is 4.68 Å². The number of methoxy groups -OCH3 is 1. The number of aromatic nitrogens is 3. The zero-order valence-electron chi connectivity index (χ0n) is 13.6. The molecule has 0 spiro atoms. The van der Waals surface area contributed by atoms with Gasteiger partial charge < -0.3 is 15.9 Å². The van der Waals surface area contributed by atoms with Gasteiger partial charge in [0.15, 0.2) is 5.82 Å². The van der Waals surface area contributed by atoms with Crippen LogP contribution in [-0.4, -0.2) is 33.1 Å². The highest BCUT2D eigenvalue weighted by Gasteiger charge is 2.21. The average Bonchev–Trinajstić information content (AvgIpc) is 2.89. The molecule has 0 radical (unpaired) electrons. The van der Waals surface area contributed by atoms with Gasteiger partial charge >= 0.3 is 0 Å². The van der Waals surface area contributed by atoms with Gasteiger partial charge in [-0.1, -0.05) is 37.7 Å². The van der Waals surface area contributed by atoms with E-state index in [1.807, 2.05) is 26.0 Å². The summed E-state index contributed by atoms with van der Waals surface area (Å²) in [5.74, 6) is 7.28. The standard InChI is InChI=1S/C15H21N5O2S/c1-9(2)13-18-19-15(20(13)16)23-10(3)14(21)17-11-7-5-6-8-12(11)22-4/h5-10H,16H2,1-4H3,(H,17,21)/t10-/m1/s1. The molecular weight excluding hydrogens is 314 g/mol. The number of hydrogen-bond donors (Lipinski definition) is 2. The number of nitrogens with one attached hydrogen (secondary N) is 1. The Balaban J connectivity index is 2.06. The molecule has 2 aromatic rings. The van der Waals surface area contributed by atoms with Gasteiger partial charge in [-0.2, -0.15) is 0 Å². The number of benzene rings is 1. The highest BCUT2D eigenvalue weighted by atomic mass is 32.2. The molecule has 0 saturated carbocycles. The molecule has 0 aliphatic rings. The normalized spacial score (nSPS) is 12.2. The van der Waals surface area contributed by atoms with Gasteiger partial charge in [0.1, 0.15) is 5.75 Å². The van der Waals surface area contributed by atoms with Crippen molar-refractivity contribution in [1.82, 2.24) is 14.9 Å². The van der Waals surface area contributed by atoms with Crippen LogP contribution in [0.1, 0.15) is 32.5 Å². The van der Waals surface area contributed by atoms with Gasteiger partial charge in [0, 0.05) is 5.92 Å². The van der Waals surface area contributed by atoms with Gasteiger partial charge in [0.25, 0.3) is 0 Å². The summed E-state index contributed by atoms with van der Waals surface area (Å²) in [5.41, 5.74) is 0.629. The number of nitrogen functional groups attached to an aromatic ring is 1. The minimum atomic E-state index is -0.383. The van der Waals surface area contributed by atoms with E-state index in [9.17, 15) is 4.79 Å². The van der Waals surface area contributed by atoms with Gasteiger partial charge in [-0.3, -0.25) is 4.79 Å². The molecule has 3 N–H and O–H groups in total. The Morgan fingerprint density at radius 2 is 2.00 bits per heavy atom. The van der Waals surface area contributed by atoms with Gasteiger partial charge in [-0.15, -0.1) is 10.2 Å². The Hall–Kier alpha value is -2.22. The summed E-state index contributed by atoms with van der Waals surface area (Å²) in [6, 6.07) is 7.26. The number of ether oxygens (including phenoxy) is 1. The number of nitrogens with zero attached hydrogens (tertiary/aromatic N) is 3. The summed E-state index contributed by atoms with van der Waals surface area (Å²) in [5, 5.41) is 11.1. The second kappa shape index (κ2) is 7.36. The maximum atomic E-state index is 12.4. The van der Waals surface area contributed by atoms with Gasteiger partial charge in [0.05, 0.1) is 18.0 Å². The van der Waals surface area contributed by atoms with E-state index in [2.05, 4.69) is 15.5 Å². The zero-order chi connectivity index (χ0) is 17.0. The lowest BCUT2D eigenvalue weighted by molar-refractivity contribution is -0.115. The lowest BCUT2D eigenvalue weighted by atomic mass is 10.2. The van der Waals surface area contributed by atoms with E-state index >= 15 is 0 Å². The topological polar surface area (TPSA) is 95.1 Å². The zero-order valence-corrected chi connectivity index (χ0v) is 14.4. The van der Waals surface area contributed by atoms with Crippen LogP contribution in [0.2, 0.25) is 0 Å². The highest BCUT2D eigenvalue weighted by Crippen LogP contribution is 2.26. The summed E-state index contributed by atoms with van der Waals surface area (Å²) in [6.45, 7) is 5.76. The number of carbonyl (C=O) groups excluding carboxylic acids is 1. The molecule has 0 aliphatic heterocycles. The van der Waals surface area contributed by atoms with Crippen LogP contribution < -0.4 is 15.9 Å². The van der Waals surface area contributed by atoms with Gasteiger partial charge in [0.2, 0.25) is 11.1 Å². The van der Waals surface area contributed by atoms with Crippen molar-refractivity contribution in [3.63, 3.8) is 0 Å². The molecule has 124 valence electrons. The van der Waals surface area contributed by atoms with E-state index in [-0.39, 0.29) is 17.1 Å². The number of nitrogens with two attached hydrogens (primary N) is 1. The average molecular weight is 335 g/mol. The SMILES string of the molecule is COc1ccccc1NC(=O)[C@@H](C)Sc1nnc(C(C)C)n1N. The second-order valence-corrected chi connectivity index (χ2v) is 6.62. The largest absolute Gasteiger partial charge is 0.495 e. The number of amides is 1. The van der Waals surface area contributed by atoms with E-state index in [1.165, 1.54) is 16.4 Å². The van der Waals surface area contributed by atoms with Crippen LogP contribution in [0.4, 0.5) is 5.69 Å². The fourth-order valence-corrected chi connectivity index (χ4v) is 2.73. The maximum absolute atomic E-state index is 12.4. The number of rotatable bonds is 6. The van der Waals surface area contributed by atoms with Crippen LogP contribution >= 0.6 is 11.8 Å². The van der Waals surface area contributed by atoms with Crippen LogP contribution in [0, 0.1) is 0 Å². The number of anilines is 1. The first-order valence-electron chi connectivity index (χ1n) is 7.25. The summed E-state index contributed by atoms with van der Waals surface area (Å²) in [6.07, 6.45) is 0. The van der Waals surface area contributed by atoms with E-state index in [4.69, 9.17) is 10.6 Å². The van der Waals surface area contributed by atoms with Gasteiger partial charge in [-0.05, 0) is 19.1 Å². The Morgan fingerprint density at radius 1 is 1.30 bits per heavy atom. The lowest BCUT2D eigenvalue weighted by Crippen LogP contribution is -2.24. The maximum Gasteiger partial charge on any atom is 0.237 e. The summed E-state index contributed by atoms with van der Waals surface area (Å²) >= 11 is 1.26. The molecule has 0 aliphatic carbocycles. The molecular formula is C15H21N5O2S. The highest BCUT2D eigenvalue weighted by molar-refractivity contribution is 8.00. The molecule has 1 amide bonds. The predicted molar refractivity (Wildman–Crippen MR) is 91.2 cm³/mol. The third-order valence-corrected chi connectivity index (χ3v) is 4.28. The van der Waals surface area contributed by atoms with Crippen LogP contribution in [-0.2, 0) is 4.79 Å². The minimum Gasteiger partial charge on any atom is -0.495 e. The molecule has 0 saturated heterocycles. The Kier molecular flexibility index (Phi) is 5.49. The molecule has 2 rings (SSSR count). The molecule has 1 aromatic heterocycles. The molecule has 1 aromatic carbocycles. The molecule has 1 heterocycles. The molecule has 0 bridgehead atoms. The van der Waals surface area contributed by atoms with Crippen molar-refractivity contribution in [2.45, 2.75) is 37.1 Å². The smallest absolute Gasteiger partial charge is 0.237 e. The van der Waals surface area contributed by atoms with E-state index in [1.54, 1.807) is 26.2 Å². The van der Waals surface area contributed by atoms with Crippen molar-refractivity contribution >= 4 is 23.4 Å². The number of hydrogen-bond acceptors (Lipinski definition) is 6. The fourth-order valence-electron chi connectivity index (χ4n) is 1.96. The van der Waals surface area contributed by atoms with Crippen LogP contribution in [0.5, 0.6) is 5.75 Å².